The average molecular weight is 674 g/mol. The molecule has 3 aromatic rings. The quantitative estimate of drug-likeness (QED) is 0.175. The summed E-state index contributed by atoms with van der Waals surface area (Å²) in [6.45, 7) is 5.33. The molecule has 2 fully saturated rings. The number of aryl methyl sites for hydroxylation is 1. The van der Waals surface area contributed by atoms with E-state index in [-0.39, 0.29) is 30.2 Å². The van der Waals surface area contributed by atoms with Crippen LogP contribution >= 0.6 is 0 Å². The number of aliphatic hydroxyl groups excluding tert-OH is 2. The molecule has 3 amide bonds. The summed E-state index contributed by atoms with van der Waals surface area (Å²) in [5.41, 5.74) is 3.94. The number of carbonyl (C=O) groups is 3. The van der Waals surface area contributed by atoms with E-state index in [2.05, 4.69) is 25.9 Å². The van der Waals surface area contributed by atoms with Gasteiger partial charge in [-0.05, 0) is 60.1 Å². The summed E-state index contributed by atoms with van der Waals surface area (Å²) in [7, 11) is 1.70. The zero-order valence-electron chi connectivity index (χ0n) is 28.7. The molecule has 1 saturated carbocycles. The standard InChI is InChI=1S/C37H51N7O5/c1-3-33(46)40-31(37(49)44-21-19-43(20-22-44)24-28-11-7-8-12-29(28)25-45)23-26-13-15-30(16-14-26)39-36(48)34(27-9-5-4-6-10-27)41-35(47)32-17-18-38-42(32)2/h7-8,11-18,27,31,34,37,45,49H,3-6,9-10,19-25H2,1-2H3,(H,39,48)(H,40,46)(H,41,47)/t31-,34+,37?/m1/s1. The number of nitrogens with one attached hydrogen (secondary N) is 3. The molecule has 12 nitrogen and oxygen atoms in total. The minimum atomic E-state index is -0.874. The first-order valence-electron chi connectivity index (χ1n) is 17.6. The normalized spacial score (nSPS) is 18.0. The largest absolute Gasteiger partial charge is 0.392 e. The first-order chi connectivity index (χ1) is 23.7. The lowest BCUT2D eigenvalue weighted by Gasteiger charge is -2.40. The topological polar surface area (TPSA) is 152 Å². The van der Waals surface area contributed by atoms with E-state index in [4.69, 9.17) is 0 Å². The molecule has 1 aromatic heterocycles. The number of carbonyl (C=O) groups excluding carboxylic acids is 3. The number of benzene rings is 2. The smallest absolute Gasteiger partial charge is 0.270 e. The maximum absolute atomic E-state index is 13.6. The molecular formula is C37H51N7O5. The van der Waals surface area contributed by atoms with E-state index >= 15 is 0 Å². The van der Waals surface area contributed by atoms with Crippen molar-refractivity contribution in [3.8, 4) is 0 Å². The van der Waals surface area contributed by atoms with E-state index in [1.807, 2.05) is 53.4 Å². The van der Waals surface area contributed by atoms with Gasteiger partial charge in [0.1, 0.15) is 18.0 Å². The number of rotatable bonds is 14. The molecule has 12 heteroatoms. The van der Waals surface area contributed by atoms with Gasteiger partial charge in [0.2, 0.25) is 11.8 Å². The summed E-state index contributed by atoms with van der Waals surface area (Å²) in [5.74, 6) is -0.659. The van der Waals surface area contributed by atoms with Gasteiger partial charge in [-0.3, -0.25) is 28.9 Å². The molecule has 5 rings (SSSR count). The predicted molar refractivity (Wildman–Crippen MR) is 187 cm³/mol. The van der Waals surface area contributed by atoms with Gasteiger partial charge < -0.3 is 26.2 Å². The minimum Gasteiger partial charge on any atom is -0.392 e. The first kappa shape index (κ1) is 36.2. The Labute approximate surface area is 288 Å². The fourth-order valence-corrected chi connectivity index (χ4v) is 6.96. The predicted octanol–water partition coefficient (Wildman–Crippen LogP) is 2.80. The van der Waals surface area contributed by atoms with Crippen molar-refractivity contribution in [2.24, 2.45) is 13.0 Å². The van der Waals surface area contributed by atoms with E-state index in [9.17, 15) is 24.6 Å². The Morgan fingerprint density at radius 2 is 1.61 bits per heavy atom. The highest BCUT2D eigenvalue weighted by atomic mass is 16.3. The maximum Gasteiger partial charge on any atom is 0.270 e. The highest BCUT2D eigenvalue weighted by Gasteiger charge is 2.33. The van der Waals surface area contributed by atoms with Crippen molar-refractivity contribution in [3.63, 3.8) is 0 Å². The van der Waals surface area contributed by atoms with Crippen molar-refractivity contribution < 1.29 is 24.6 Å². The van der Waals surface area contributed by atoms with Crippen molar-refractivity contribution in [2.75, 3.05) is 31.5 Å². The molecule has 0 spiro atoms. The maximum atomic E-state index is 13.6. The molecule has 49 heavy (non-hydrogen) atoms. The zero-order chi connectivity index (χ0) is 34.8. The molecule has 2 aromatic carbocycles. The van der Waals surface area contributed by atoms with E-state index in [0.717, 1.165) is 68.4 Å². The number of amides is 3. The Kier molecular flexibility index (Phi) is 12.9. The molecule has 1 saturated heterocycles. The van der Waals surface area contributed by atoms with Gasteiger partial charge in [-0.15, -0.1) is 0 Å². The molecule has 0 radical (unpaired) electrons. The van der Waals surface area contributed by atoms with Crippen molar-refractivity contribution in [3.05, 3.63) is 83.2 Å². The number of aliphatic hydroxyl groups is 2. The third kappa shape index (κ3) is 9.75. The van der Waals surface area contributed by atoms with E-state index in [0.29, 0.717) is 37.3 Å². The second-order valence-corrected chi connectivity index (χ2v) is 13.3. The Bertz CT molecular complexity index is 1530. The molecule has 1 unspecified atom stereocenters. The van der Waals surface area contributed by atoms with Crippen molar-refractivity contribution in [1.82, 2.24) is 30.2 Å². The Morgan fingerprint density at radius 3 is 2.24 bits per heavy atom. The molecular weight excluding hydrogens is 622 g/mol. The lowest BCUT2D eigenvalue weighted by atomic mass is 9.83. The molecule has 5 N–H and O–H groups in total. The van der Waals surface area contributed by atoms with E-state index in [1.165, 1.54) is 4.68 Å². The van der Waals surface area contributed by atoms with Crippen LogP contribution in [-0.2, 0) is 36.2 Å². The van der Waals surface area contributed by atoms with E-state index < -0.39 is 18.3 Å². The van der Waals surface area contributed by atoms with Crippen LogP contribution in [0.4, 0.5) is 5.69 Å². The van der Waals surface area contributed by atoms with Crippen LogP contribution in [0.5, 0.6) is 0 Å². The monoisotopic (exact) mass is 673 g/mol. The summed E-state index contributed by atoms with van der Waals surface area (Å²) in [4.78, 5) is 43.5. The van der Waals surface area contributed by atoms with Crippen molar-refractivity contribution in [2.45, 2.75) is 83.3 Å². The molecule has 3 atom stereocenters. The number of nitrogens with zero attached hydrogens (tertiary/aromatic N) is 4. The highest BCUT2D eigenvalue weighted by Crippen LogP contribution is 2.28. The van der Waals surface area contributed by atoms with Gasteiger partial charge >= 0.3 is 0 Å². The summed E-state index contributed by atoms with van der Waals surface area (Å²) in [6, 6.07) is 15.8. The van der Waals surface area contributed by atoms with Crippen LogP contribution in [0.15, 0.2) is 60.8 Å². The van der Waals surface area contributed by atoms with Gasteiger partial charge in [0, 0.05) is 58.1 Å². The SMILES string of the molecule is CCC(=O)N[C@H](Cc1ccc(NC(=O)[C@@H](NC(=O)c2ccnn2C)C2CCCCC2)cc1)C(O)N1CCN(Cc2ccccc2CO)CC1. The lowest BCUT2D eigenvalue weighted by molar-refractivity contribution is -0.124. The third-order valence-electron chi connectivity index (χ3n) is 9.91. The number of aromatic nitrogens is 2. The van der Waals surface area contributed by atoms with Crippen LogP contribution in [0.2, 0.25) is 0 Å². The fraction of sp³-hybridized carbons (Fsp3) is 0.514. The number of piperazine rings is 1. The molecule has 264 valence electrons. The second kappa shape index (κ2) is 17.5. The fourth-order valence-electron chi connectivity index (χ4n) is 6.96. The minimum absolute atomic E-state index is 0.00693. The Hall–Kier alpha value is -4.10. The van der Waals surface area contributed by atoms with Gasteiger partial charge in [0.05, 0.1) is 12.6 Å². The Morgan fingerprint density at radius 1 is 0.918 bits per heavy atom. The Balaban J connectivity index is 1.20. The first-order valence-corrected chi connectivity index (χ1v) is 17.6. The van der Waals surface area contributed by atoms with Crippen molar-refractivity contribution >= 4 is 23.4 Å². The average Bonchev–Trinajstić information content (AvgIpc) is 3.57. The second-order valence-electron chi connectivity index (χ2n) is 13.3. The number of hydrogen-bond donors (Lipinski definition) is 5. The molecule has 1 aliphatic carbocycles. The molecule has 2 heterocycles. The summed E-state index contributed by atoms with van der Waals surface area (Å²) in [5, 5.41) is 34.3. The van der Waals surface area contributed by atoms with Crippen LogP contribution in [0, 0.1) is 5.92 Å². The van der Waals surface area contributed by atoms with Crippen LogP contribution < -0.4 is 16.0 Å². The third-order valence-corrected chi connectivity index (χ3v) is 9.91. The van der Waals surface area contributed by atoms with Gasteiger partial charge in [0.15, 0.2) is 0 Å². The van der Waals surface area contributed by atoms with Crippen LogP contribution in [-0.4, -0.2) is 92.0 Å². The van der Waals surface area contributed by atoms with Gasteiger partial charge in [-0.25, -0.2) is 0 Å². The lowest BCUT2D eigenvalue weighted by Crippen LogP contribution is -2.57. The summed E-state index contributed by atoms with van der Waals surface area (Å²) in [6.07, 6.45) is 6.36. The van der Waals surface area contributed by atoms with Crippen LogP contribution in [0.1, 0.15) is 72.6 Å². The van der Waals surface area contributed by atoms with E-state index in [1.54, 1.807) is 26.2 Å². The van der Waals surface area contributed by atoms with Crippen molar-refractivity contribution in [1.29, 1.82) is 0 Å². The van der Waals surface area contributed by atoms with Crippen LogP contribution in [0.25, 0.3) is 0 Å². The van der Waals surface area contributed by atoms with Gasteiger partial charge in [-0.2, -0.15) is 5.10 Å². The zero-order valence-corrected chi connectivity index (χ0v) is 28.7. The van der Waals surface area contributed by atoms with Crippen LogP contribution in [0.3, 0.4) is 0 Å². The van der Waals surface area contributed by atoms with Gasteiger partial charge in [0.25, 0.3) is 5.91 Å². The molecule has 2 aliphatic rings. The van der Waals surface area contributed by atoms with Gasteiger partial charge in [-0.1, -0.05) is 62.6 Å². The number of hydrogen-bond acceptors (Lipinski definition) is 8. The summed E-state index contributed by atoms with van der Waals surface area (Å²) >= 11 is 0. The summed E-state index contributed by atoms with van der Waals surface area (Å²) < 4.78 is 1.50. The number of anilines is 1. The molecule has 1 aliphatic heterocycles. The highest BCUT2D eigenvalue weighted by molar-refractivity contribution is 6.00. The molecule has 0 bridgehead atoms.